The van der Waals surface area contributed by atoms with Crippen LogP contribution in [-0.2, 0) is 6.54 Å². The van der Waals surface area contributed by atoms with Gasteiger partial charge < -0.3 is 5.32 Å². The highest BCUT2D eigenvalue weighted by Gasteiger charge is 2.06. The molecule has 1 heterocycles. The van der Waals surface area contributed by atoms with Crippen LogP contribution in [0.1, 0.15) is 11.1 Å². The topological polar surface area (TPSA) is 12.0 Å². The lowest BCUT2D eigenvalue weighted by Gasteiger charge is -2.12. The fourth-order valence-corrected chi connectivity index (χ4v) is 3.67. The van der Waals surface area contributed by atoms with Gasteiger partial charge in [-0.1, -0.05) is 52.3 Å². The van der Waals surface area contributed by atoms with Gasteiger partial charge in [-0.25, -0.2) is 0 Å². The summed E-state index contributed by atoms with van der Waals surface area (Å²) in [6.45, 7) is 2.91. The van der Waals surface area contributed by atoms with Gasteiger partial charge in [-0.15, -0.1) is 11.3 Å². The lowest BCUT2D eigenvalue weighted by atomic mass is 10.1. The van der Waals surface area contributed by atoms with Gasteiger partial charge in [0.05, 0.1) is 0 Å². The zero-order valence-electron chi connectivity index (χ0n) is 11.8. The Balaban J connectivity index is 1.83. The zero-order chi connectivity index (χ0) is 14.7. The van der Waals surface area contributed by atoms with Gasteiger partial charge in [0.2, 0.25) is 0 Å². The summed E-state index contributed by atoms with van der Waals surface area (Å²) in [7, 11) is 0. The highest BCUT2D eigenvalue weighted by Crippen LogP contribution is 2.32. The molecular formula is C18H16BrNS. The Morgan fingerprint density at radius 1 is 1.05 bits per heavy atom. The van der Waals surface area contributed by atoms with Crippen molar-refractivity contribution in [2.75, 3.05) is 5.32 Å². The molecule has 21 heavy (non-hydrogen) atoms. The van der Waals surface area contributed by atoms with E-state index in [1.807, 2.05) is 0 Å². The second kappa shape index (κ2) is 6.46. The lowest BCUT2D eigenvalue weighted by molar-refractivity contribution is 1.13. The van der Waals surface area contributed by atoms with Gasteiger partial charge in [-0.2, -0.15) is 0 Å². The summed E-state index contributed by atoms with van der Waals surface area (Å²) in [4.78, 5) is 1.29. The molecule has 0 bridgehead atoms. The average Bonchev–Trinajstić information content (AvgIpc) is 3.01. The maximum absolute atomic E-state index is 3.64. The molecule has 106 valence electrons. The van der Waals surface area contributed by atoms with E-state index in [9.17, 15) is 0 Å². The number of nitrogens with one attached hydrogen (secondary N) is 1. The van der Waals surface area contributed by atoms with Crippen LogP contribution in [0.3, 0.4) is 0 Å². The molecule has 0 aliphatic carbocycles. The summed E-state index contributed by atoms with van der Waals surface area (Å²) in [5.74, 6) is 0. The summed E-state index contributed by atoms with van der Waals surface area (Å²) in [6.07, 6.45) is 0. The third kappa shape index (κ3) is 3.36. The Labute approximate surface area is 137 Å². The number of anilines is 1. The van der Waals surface area contributed by atoms with E-state index in [1.165, 1.54) is 27.3 Å². The second-order valence-electron chi connectivity index (χ2n) is 4.97. The molecule has 0 unspecified atom stereocenters. The Morgan fingerprint density at radius 3 is 2.67 bits per heavy atom. The van der Waals surface area contributed by atoms with Crippen LogP contribution in [0.4, 0.5) is 5.69 Å². The number of rotatable bonds is 4. The third-order valence-electron chi connectivity index (χ3n) is 3.39. The van der Waals surface area contributed by atoms with Gasteiger partial charge in [0, 0.05) is 27.1 Å². The van der Waals surface area contributed by atoms with E-state index in [4.69, 9.17) is 0 Å². The molecule has 2 aromatic carbocycles. The number of hydrogen-bond acceptors (Lipinski definition) is 2. The summed E-state index contributed by atoms with van der Waals surface area (Å²) in [5, 5.41) is 5.67. The van der Waals surface area contributed by atoms with Gasteiger partial charge in [0.15, 0.2) is 0 Å². The number of para-hydroxylation sites is 1. The summed E-state index contributed by atoms with van der Waals surface area (Å²) >= 11 is 5.41. The quantitative estimate of drug-likeness (QED) is 0.594. The van der Waals surface area contributed by atoms with Crippen LogP contribution in [0.2, 0.25) is 0 Å². The van der Waals surface area contributed by atoms with Gasteiger partial charge in [-0.3, -0.25) is 0 Å². The van der Waals surface area contributed by atoms with Crippen molar-refractivity contribution in [2.45, 2.75) is 13.5 Å². The maximum atomic E-state index is 3.64. The van der Waals surface area contributed by atoms with Gasteiger partial charge >= 0.3 is 0 Å². The Kier molecular flexibility index (Phi) is 4.42. The number of hydrogen-bond donors (Lipinski definition) is 1. The molecule has 0 radical (unpaired) electrons. The van der Waals surface area contributed by atoms with E-state index in [0.29, 0.717) is 0 Å². The van der Waals surface area contributed by atoms with E-state index < -0.39 is 0 Å². The Bertz CT molecular complexity index is 735. The predicted octanol–water partition coefficient (Wildman–Crippen LogP) is 6.10. The number of benzene rings is 2. The average molecular weight is 358 g/mol. The highest BCUT2D eigenvalue weighted by molar-refractivity contribution is 9.10. The molecule has 0 atom stereocenters. The number of aryl methyl sites for hydroxylation is 1. The fourth-order valence-electron chi connectivity index (χ4n) is 2.27. The van der Waals surface area contributed by atoms with Gasteiger partial charge in [0.1, 0.15) is 0 Å². The largest absolute Gasteiger partial charge is 0.380 e. The minimum atomic E-state index is 0.809. The molecule has 0 saturated heterocycles. The molecule has 3 rings (SSSR count). The SMILES string of the molecule is Cc1ccc(CNc2ccccc2-c2cccs2)c(Br)c1. The Morgan fingerprint density at radius 2 is 1.90 bits per heavy atom. The zero-order valence-corrected chi connectivity index (χ0v) is 14.2. The molecule has 3 aromatic rings. The van der Waals surface area contributed by atoms with Gasteiger partial charge in [-0.05, 0) is 41.6 Å². The van der Waals surface area contributed by atoms with Crippen molar-refractivity contribution >= 4 is 33.0 Å². The second-order valence-corrected chi connectivity index (χ2v) is 6.77. The van der Waals surface area contributed by atoms with Crippen molar-refractivity contribution in [2.24, 2.45) is 0 Å². The minimum absolute atomic E-state index is 0.809. The van der Waals surface area contributed by atoms with Gasteiger partial charge in [0.25, 0.3) is 0 Å². The molecule has 0 aliphatic rings. The highest BCUT2D eigenvalue weighted by atomic mass is 79.9. The summed E-state index contributed by atoms with van der Waals surface area (Å²) < 4.78 is 1.16. The summed E-state index contributed by atoms with van der Waals surface area (Å²) in [6, 6.07) is 19.2. The first kappa shape index (κ1) is 14.4. The van der Waals surface area contributed by atoms with Crippen LogP contribution in [0.15, 0.2) is 64.5 Å². The monoisotopic (exact) mass is 357 g/mol. The predicted molar refractivity (Wildman–Crippen MR) is 96.0 cm³/mol. The fraction of sp³-hybridized carbons (Fsp3) is 0.111. The summed E-state index contributed by atoms with van der Waals surface area (Å²) in [5.41, 5.74) is 4.97. The molecule has 0 saturated carbocycles. The van der Waals surface area contributed by atoms with Crippen LogP contribution in [0, 0.1) is 6.92 Å². The first-order valence-corrected chi connectivity index (χ1v) is 8.53. The van der Waals surface area contributed by atoms with Crippen LogP contribution in [0.25, 0.3) is 10.4 Å². The molecule has 1 nitrogen and oxygen atoms in total. The van der Waals surface area contributed by atoms with Crippen molar-refractivity contribution in [3.05, 3.63) is 75.6 Å². The molecule has 0 aliphatic heterocycles. The Hall–Kier alpha value is -1.58. The smallest absolute Gasteiger partial charge is 0.0430 e. The third-order valence-corrected chi connectivity index (χ3v) is 5.03. The van der Waals surface area contributed by atoms with Crippen LogP contribution in [-0.4, -0.2) is 0 Å². The van der Waals surface area contributed by atoms with Crippen molar-refractivity contribution in [1.82, 2.24) is 0 Å². The van der Waals surface area contributed by atoms with E-state index in [-0.39, 0.29) is 0 Å². The normalized spacial score (nSPS) is 10.6. The molecule has 1 N–H and O–H groups in total. The van der Waals surface area contributed by atoms with Crippen molar-refractivity contribution in [1.29, 1.82) is 0 Å². The van der Waals surface area contributed by atoms with E-state index in [1.54, 1.807) is 11.3 Å². The molecular weight excluding hydrogens is 342 g/mol. The van der Waals surface area contributed by atoms with Crippen molar-refractivity contribution in [3.63, 3.8) is 0 Å². The number of thiophene rings is 1. The van der Waals surface area contributed by atoms with Crippen LogP contribution in [0.5, 0.6) is 0 Å². The first-order chi connectivity index (χ1) is 10.2. The maximum Gasteiger partial charge on any atom is 0.0430 e. The molecule has 1 aromatic heterocycles. The molecule has 0 amide bonds. The van der Waals surface area contributed by atoms with E-state index >= 15 is 0 Å². The first-order valence-electron chi connectivity index (χ1n) is 6.86. The van der Waals surface area contributed by atoms with E-state index in [0.717, 1.165) is 11.0 Å². The van der Waals surface area contributed by atoms with Crippen molar-refractivity contribution in [3.8, 4) is 10.4 Å². The van der Waals surface area contributed by atoms with Crippen molar-refractivity contribution < 1.29 is 0 Å². The standard InChI is InChI=1S/C18H16BrNS/c1-13-8-9-14(16(19)11-13)12-20-17-6-3-2-5-15(17)18-7-4-10-21-18/h2-11,20H,12H2,1H3. The van der Waals surface area contributed by atoms with E-state index in [2.05, 4.69) is 88.1 Å². The number of halogens is 1. The molecule has 0 spiro atoms. The van der Waals surface area contributed by atoms with Crippen LogP contribution >= 0.6 is 27.3 Å². The van der Waals surface area contributed by atoms with Crippen LogP contribution < -0.4 is 5.32 Å². The lowest BCUT2D eigenvalue weighted by Crippen LogP contribution is -2.01. The molecule has 3 heteroatoms. The molecule has 0 fully saturated rings. The minimum Gasteiger partial charge on any atom is -0.380 e.